The number of morpholine rings is 1. The molecular formula is C16H22N2O5S. The second kappa shape index (κ2) is 6.18. The van der Waals surface area contributed by atoms with E-state index < -0.39 is 10.0 Å². The van der Waals surface area contributed by atoms with Gasteiger partial charge in [-0.15, -0.1) is 0 Å². The highest BCUT2D eigenvalue weighted by Crippen LogP contribution is 2.33. The first-order chi connectivity index (χ1) is 11.6. The monoisotopic (exact) mass is 354 g/mol. The zero-order valence-electron chi connectivity index (χ0n) is 13.7. The van der Waals surface area contributed by atoms with Gasteiger partial charge in [0.2, 0.25) is 10.0 Å². The van der Waals surface area contributed by atoms with E-state index >= 15 is 0 Å². The Balaban J connectivity index is 1.57. The Morgan fingerprint density at radius 1 is 1.08 bits per heavy atom. The predicted octanol–water partition coefficient (Wildman–Crippen LogP) is 0.551. The second-order valence-corrected chi connectivity index (χ2v) is 8.38. The van der Waals surface area contributed by atoms with E-state index in [0.29, 0.717) is 57.1 Å². The minimum Gasteiger partial charge on any atom is -0.486 e. The average Bonchev–Trinajstić information content (AvgIpc) is 2.61. The van der Waals surface area contributed by atoms with Gasteiger partial charge in [0.1, 0.15) is 13.2 Å². The molecule has 1 aromatic carbocycles. The zero-order valence-corrected chi connectivity index (χ0v) is 14.5. The van der Waals surface area contributed by atoms with Crippen molar-refractivity contribution in [2.24, 2.45) is 0 Å². The molecular weight excluding hydrogens is 332 g/mol. The first-order valence-electron chi connectivity index (χ1n) is 8.29. The number of sulfonamides is 1. The van der Waals surface area contributed by atoms with Gasteiger partial charge in [-0.05, 0) is 19.1 Å². The SMILES string of the molecule is C[C@H]1COC[C@H]2CN(S(=O)(=O)c3ccc4c(c3)OCCO4)CCN21. The third-order valence-corrected chi connectivity index (χ3v) is 6.74. The van der Waals surface area contributed by atoms with Gasteiger partial charge in [0.25, 0.3) is 0 Å². The lowest BCUT2D eigenvalue weighted by Gasteiger charge is -2.46. The van der Waals surface area contributed by atoms with Crippen molar-refractivity contribution in [2.45, 2.75) is 23.9 Å². The van der Waals surface area contributed by atoms with Crippen LogP contribution >= 0.6 is 0 Å². The lowest BCUT2D eigenvalue weighted by molar-refractivity contribution is -0.0634. The summed E-state index contributed by atoms with van der Waals surface area (Å²) in [6.07, 6.45) is 0. The summed E-state index contributed by atoms with van der Waals surface area (Å²) in [5.41, 5.74) is 0. The van der Waals surface area contributed by atoms with Crippen molar-refractivity contribution in [3.05, 3.63) is 18.2 Å². The molecule has 3 aliphatic rings. The summed E-state index contributed by atoms with van der Waals surface area (Å²) >= 11 is 0. The summed E-state index contributed by atoms with van der Waals surface area (Å²) in [5, 5.41) is 0. The summed E-state index contributed by atoms with van der Waals surface area (Å²) < 4.78 is 44.1. The van der Waals surface area contributed by atoms with Crippen molar-refractivity contribution in [3.8, 4) is 11.5 Å². The van der Waals surface area contributed by atoms with Crippen LogP contribution in [0.3, 0.4) is 0 Å². The molecule has 2 atom stereocenters. The lowest BCUT2D eigenvalue weighted by Crippen LogP contribution is -2.61. The maximum absolute atomic E-state index is 13.0. The van der Waals surface area contributed by atoms with Crippen molar-refractivity contribution < 1.29 is 22.6 Å². The van der Waals surface area contributed by atoms with Crippen molar-refractivity contribution in [1.82, 2.24) is 9.21 Å². The minimum absolute atomic E-state index is 0.120. The summed E-state index contributed by atoms with van der Waals surface area (Å²) in [5.74, 6) is 1.09. The molecule has 7 nitrogen and oxygen atoms in total. The largest absolute Gasteiger partial charge is 0.486 e. The molecule has 0 unspecified atom stereocenters. The molecule has 0 aliphatic carbocycles. The molecule has 2 fully saturated rings. The predicted molar refractivity (Wildman–Crippen MR) is 87.0 cm³/mol. The molecule has 0 bridgehead atoms. The van der Waals surface area contributed by atoms with Crippen LogP contribution in [0.1, 0.15) is 6.92 Å². The molecule has 24 heavy (non-hydrogen) atoms. The number of hydrogen-bond acceptors (Lipinski definition) is 6. The smallest absolute Gasteiger partial charge is 0.243 e. The molecule has 0 amide bonds. The number of benzene rings is 1. The van der Waals surface area contributed by atoms with Gasteiger partial charge < -0.3 is 14.2 Å². The standard InChI is InChI=1S/C16H22N2O5S/c1-12-10-21-11-13-9-17(4-5-18(12)13)24(19,20)14-2-3-15-16(8-14)23-7-6-22-15/h2-3,8,12-13H,4-7,9-11H2,1H3/t12-,13+/m0/s1. The number of hydrogen-bond donors (Lipinski definition) is 0. The highest BCUT2D eigenvalue weighted by molar-refractivity contribution is 7.89. The van der Waals surface area contributed by atoms with Crippen LogP contribution in [0.2, 0.25) is 0 Å². The van der Waals surface area contributed by atoms with E-state index in [1.807, 2.05) is 0 Å². The number of ether oxygens (including phenoxy) is 3. The molecule has 132 valence electrons. The van der Waals surface area contributed by atoms with Gasteiger partial charge in [0, 0.05) is 37.8 Å². The molecule has 0 spiro atoms. The minimum atomic E-state index is -3.55. The van der Waals surface area contributed by atoms with Crippen LogP contribution in [0.5, 0.6) is 11.5 Å². The average molecular weight is 354 g/mol. The van der Waals surface area contributed by atoms with Crippen LogP contribution in [-0.4, -0.2) is 75.8 Å². The fourth-order valence-corrected chi connectivity index (χ4v) is 5.08. The maximum atomic E-state index is 13.0. The van der Waals surface area contributed by atoms with Crippen LogP contribution < -0.4 is 9.47 Å². The Kier molecular flexibility index (Phi) is 4.16. The van der Waals surface area contributed by atoms with Crippen molar-refractivity contribution >= 4 is 10.0 Å². The van der Waals surface area contributed by atoms with E-state index in [9.17, 15) is 8.42 Å². The van der Waals surface area contributed by atoms with Gasteiger partial charge in [-0.25, -0.2) is 8.42 Å². The van der Waals surface area contributed by atoms with Crippen LogP contribution in [0.15, 0.2) is 23.1 Å². The molecule has 2 saturated heterocycles. The molecule has 4 rings (SSSR count). The molecule has 3 aliphatic heterocycles. The molecule has 0 aromatic heterocycles. The third kappa shape index (κ3) is 2.77. The second-order valence-electron chi connectivity index (χ2n) is 6.45. The summed E-state index contributed by atoms with van der Waals surface area (Å²) in [7, 11) is -3.55. The molecule has 1 aromatic rings. The fourth-order valence-electron chi connectivity index (χ4n) is 3.59. The van der Waals surface area contributed by atoms with Crippen LogP contribution in [0.4, 0.5) is 0 Å². The number of rotatable bonds is 2. The van der Waals surface area contributed by atoms with E-state index in [1.54, 1.807) is 22.5 Å². The van der Waals surface area contributed by atoms with Crippen LogP contribution in [0.25, 0.3) is 0 Å². The number of fused-ring (bicyclic) bond motifs is 2. The maximum Gasteiger partial charge on any atom is 0.243 e. The van der Waals surface area contributed by atoms with E-state index in [-0.39, 0.29) is 10.9 Å². The molecule has 0 N–H and O–H groups in total. The third-order valence-electron chi connectivity index (χ3n) is 4.88. The Morgan fingerprint density at radius 2 is 1.88 bits per heavy atom. The van der Waals surface area contributed by atoms with E-state index in [2.05, 4.69) is 11.8 Å². The Labute approximate surface area is 142 Å². The normalized spacial score (nSPS) is 28.4. The molecule has 8 heteroatoms. The van der Waals surface area contributed by atoms with Crippen LogP contribution in [0, 0.1) is 0 Å². The van der Waals surface area contributed by atoms with E-state index in [0.717, 1.165) is 6.54 Å². The molecule has 0 radical (unpaired) electrons. The molecule has 3 heterocycles. The van der Waals surface area contributed by atoms with Gasteiger partial charge in [-0.2, -0.15) is 4.31 Å². The zero-order chi connectivity index (χ0) is 16.7. The highest BCUT2D eigenvalue weighted by atomic mass is 32.2. The Hall–Kier alpha value is -1.35. The summed E-state index contributed by atoms with van der Waals surface area (Å²) in [4.78, 5) is 2.60. The highest BCUT2D eigenvalue weighted by Gasteiger charge is 2.38. The van der Waals surface area contributed by atoms with Gasteiger partial charge >= 0.3 is 0 Å². The number of piperazine rings is 1. The van der Waals surface area contributed by atoms with Crippen molar-refractivity contribution in [2.75, 3.05) is 46.1 Å². The lowest BCUT2D eigenvalue weighted by atomic mass is 10.1. The van der Waals surface area contributed by atoms with Gasteiger partial charge in [0.15, 0.2) is 11.5 Å². The fraction of sp³-hybridized carbons (Fsp3) is 0.625. The van der Waals surface area contributed by atoms with Crippen LogP contribution in [-0.2, 0) is 14.8 Å². The topological polar surface area (TPSA) is 68.3 Å². The van der Waals surface area contributed by atoms with Gasteiger partial charge in [0.05, 0.1) is 18.1 Å². The van der Waals surface area contributed by atoms with E-state index in [1.165, 1.54) is 0 Å². The molecule has 0 saturated carbocycles. The van der Waals surface area contributed by atoms with Gasteiger partial charge in [-0.3, -0.25) is 4.90 Å². The summed E-state index contributed by atoms with van der Waals surface area (Å²) in [6.45, 7) is 6.03. The Bertz CT molecular complexity index is 723. The van der Waals surface area contributed by atoms with Crippen molar-refractivity contribution in [1.29, 1.82) is 0 Å². The van der Waals surface area contributed by atoms with E-state index in [4.69, 9.17) is 14.2 Å². The first-order valence-corrected chi connectivity index (χ1v) is 9.73. The van der Waals surface area contributed by atoms with Crippen molar-refractivity contribution in [3.63, 3.8) is 0 Å². The Morgan fingerprint density at radius 3 is 2.71 bits per heavy atom. The quantitative estimate of drug-likeness (QED) is 0.773. The number of nitrogens with zero attached hydrogens (tertiary/aromatic N) is 2. The summed E-state index contributed by atoms with van der Waals surface area (Å²) in [6, 6.07) is 5.28. The van der Waals surface area contributed by atoms with Gasteiger partial charge in [-0.1, -0.05) is 0 Å². The first kappa shape index (κ1) is 16.1.